The molecule has 2 aliphatic rings. The van der Waals surface area contributed by atoms with Crippen molar-refractivity contribution < 1.29 is 22.8 Å². The second-order valence-electron chi connectivity index (χ2n) is 7.97. The zero-order valence-electron chi connectivity index (χ0n) is 17.6. The van der Waals surface area contributed by atoms with E-state index >= 15 is 0 Å². The van der Waals surface area contributed by atoms with Gasteiger partial charge in [-0.25, -0.2) is 18.2 Å². The normalized spacial score (nSPS) is 17.6. The summed E-state index contributed by atoms with van der Waals surface area (Å²) < 4.78 is 24.5. The highest BCUT2D eigenvalue weighted by atomic mass is 32.2. The lowest BCUT2D eigenvalue weighted by atomic mass is 9.98. The van der Waals surface area contributed by atoms with Crippen LogP contribution >= 0.6 is 11.3 Å². The van der Waals surface area contributed by atoms with E-state index in [2.05, 4.69) is 15.6 Å². The Morgan fingerprint density at radius 2 is 1.91 bits per heavy atom. The van der Waals surface area contributed by atoms with Crippen LogP contribution in [-0.4, -0.2) is 61.5 Å². The van der Waals surface area contributed by atoms with Gasteiger partial charge in [-0.3, -0.25) is 18.8 Å². The van der Waals surface area contributed by atoms with E-state index in [0.717, 1.165) is 29.6 Å². The van der Waals surface area contributed by atoms with Crippen LogP contribution in [0.5, 0.6) is 0 Å². The molecular formula is C20H23N5O5S2. The number of carbonyl (C=O) groups excluding carboxylic acids is 3. The fraction of sp³-hybridized carbons (Fsp3) is 0.400. The van der Waals surface area contributed by atoms with Gasteiger partial charge in [0.25, 0.3) is 5.91 Å². The van der Waals surface area contributed by atoms with Crippen molar-refractivity contribution in [3.63, 3.8) is 0 Å². The Balaban J connectivity index is 1.40. The van der Waals surface area contributed by atoms with Gasteiger partial charge in [0.1, 0.15) is 12.1 Å². The summed E-state index contributed by atoms with van der Waals surface area (Å²) in [5.74, 6) is -0.844. The highest BCUT2D eigenvalue weighted by Gasteiger charge is 2.52. The second-order valence-corrected chi connectivity index (χ2v) is 10.8. The number of urea groups is 1. The number of nitrogens with one attached hydrogen (secondary N) is 2. The number of hydrogen-bond acceptors (Lipinski definition) is 7. The van der Waals surface area contributed by atoms with E-state index in [-0.39, 0.29) is 12.5 Å². The minimum Gasteiger partial charge on any atom is -0.323 e. The van der Waals surface area contributed by atoms with Crippen molar-refractivity contribution in [1.29, 1.82) is 0 Å². The largest absolute Gasteiger partial charge is 0.325 e. The van der Waals surface area contributed by atoms with Crippen LogP contribution in [0.25, 0.3) is 11.3 Å². The van der Waals surface area contributed by atoms with Gasteiger partial charge in [-0.05, 0) is 25.0 Å². The van der Waals surface area contributed by atoms with E-state index in [1.807, 2.05) is 0 Å². The van der Waals surface area contributed by atoms with E-state index in [0.29, 0.717) is 29.4 Å². The number of anilines is 2. The molecule has 32 heavy (non-hydrogen) atoms. The zero-order valence-corrected chi connectivity index (χ0v) is 19.3. The molecule has 2 aromatic rings. The van der Waals surface area contributed by atoms with Gasteiger partial charge in [-0.15, -0.1) is 11.3 Å². The predicted octanol–water partition coefficient (Wildman–Crippen LogP) is 2.01. The van der Waals surface area contributed by atoms with Crippen LogP contribution in [0.4, 0.5) is 15.6 Å². The van der Waals surface area contributed by atoms with Crippen LogP contribution < -0.4 is 14.9 Å². The summed E-state index contributed by atoms with van der Waals surface area (Å²) in [6.45, 7) is -0.367. The summed E-state index contributed by atoms with van der Waals surface area (Å²) in [6.07, 6.45) is 4.08. The molecule has 1 spiro atoms. The first-order valence-corrected chi connectivity index (χ1v) is 12.8. The van der Waals surface area contributed by atoms with Gasteiger partial charge in [-0.1, -0.05) is 25.0 Å². The number of sulfonamides is 1. The lowest BCUT2D eigenvalue weighted by Crippen LogP contribution is -2.44. The SMILES string of the molecule is CN(c1ccc(-c2csc(NC(=O)CN3C(=O)NC4(CCCC4)C3=O)n2)cc1)S(C)(=O)=O. The fourth-order valence-corrected chi connectivity index (χ4v) is 5.18. The summed E-state index contributed by atoms with van der Waals surface area (Å²) in [7, 11) is -1.88. The third kappa shape index (κ3) is 4.19. The number of thiazole rings is 1. The minimum atomic E-state index is -3.35. The lowest BCUT2D eigenvalue weighted by Gasteiger charge is -2.19. The lowest BCUT2D eigenvalue weighted by molar-refractivity contribution is -0.133. The van der Waals surface area contributed by atoms with E-state index in [4.69, 9.17) is 0 Å². The van der Waals surface area contributed by atoms with Crippen LogP contribution in [0, 0.1) is 0 Å². The first-order chi connectivity index (χ1) is 15.1. The van der Waals surface area contributed by atoms with Gasteiger partial charge < -0.3 is 10.6 Å². The molecule has 1 aromatic heterocycles. The monoisotopic (exact) mass is 477 g/mol. The topological polar surface area (TPSA) is 129 Å². The number of imide groups is 1. The van der Waals surface area contributed by atoms with E-state index < -0.39 is 27.5 Å². The molecule has 0 bridgehead atoms. The van der Waals surface area contributed by atoms with Gasteiger partial charge in [0, 0.05) is 18.0 Å². The third-order valence-electron chi connectivity index (χ3n) is 5.78. The van der Waals surface area contributed by atoms with Crippen molar-refractivity contribution in [2.45, 2.75) is 31.2 Å². The number of hydrogen-bond donors (Lipinski definition) is 2. The third-order valence-corrected chi connectivity index (χ3v) is 7.74. The molecule has 1 aliphatic heterocycles. The van der Waals surface area contributed by atoms with Crippen molar-refractivity contribution in [1.82, 2.24) is 15.2 Å². The Labute approximate surface area is 189 Å². The van der Waals surface area contributed by atoms with Crippen LogP contribution in [0.3, 0.4) is 0 Å². The van der Waals surface area contributed by atoms with E-state index in [1.54, 1.807) is 29.6 Å². The second kappa shape index (κ2) is 8.17. The summed E-state index contributed by atoms with van der Waals surface area (Å²) in [6, 6.07) is 6.29. The number of nitrogens with zero attached hydrogens (tertiary/aromatic N) is 3. The Bertz CT molecular complexity index is 1170. The van der Waals surface area contributed by atoms with Crippen molar-refractivity contribution >= 4 is 50.0 Å². The number of rotatable bonds is 6. The van der Waals surface area contributed by atoms with E-state index in [1.165, 1.54) is 22.7 Å². The van der Waals surface area contributed by atoms with Gasteiger partial charge >= 0.3 is 6.03 Å². The maximum Gasteiger partial charge on any atom is 0.325 e. The van der Waals surface area contributed by atoms with Crippen molar-refractivity contribution in [2.24, 2.45) is 0 Å². The summed E-state index contributed by atoms with van der Waals surface area (Å²) in [4.78, 5) is 42.7. The first kappa shape index (κ1) is 22.2. The smallest absolute Gasteiger partial charge is 0.323 e. The number of aromatic nitrogens is 1. The molecule has 2 N–H and O–H groups in total. The van der Waals surface area contributed by atoms with Crippen LogP contribution in [0.15, 0.2) is 29.6 Å². The molecule has 170 valence electrons. The molecule has 1 saturated carbocycles. The molecule has 12 heteroatoms. The van der Waals surface area contributed by atoms with E-state index in [9.17, 15) is 22.8 Å². The Morgan fingerprint density at radius 3 is 2.53 bits per heavy atom. The number of carbonyl (C=O) groups is 3. The standard InChI is InChI=1S/C20H23N5O5S2/c1-24(32(2,29)30)14-7-5-13(6-8-14)15-12-31-18(21-15)22-16(26)11-25-17(27)20(23-19(25)28)9-3-4-10-20/h5-8,12H,3-4,9-11H2,1-2H3,(H,23,28)(H,21,22,26). The fourth-order valence-electron chi connectivity index (χ4n) is 3.94. The van der Waals surface area contributed by atoms with Crippen LogP contribution in [0.1, 0.15) is 25.7 Å². The molecule has 4 rings (SSSR count). The highest BCUT2D eigenvalue weighted by Crippen LogP contribution is 2.35. The Hall–Kier alpha value is -2.99. The van der Waals surface area contributed by atoms with Crippen molar-refractivity contribution in [3.05, 3.63) is 29.6 Å². The van der Waals surface area contributed by atoms with Gasteiger partial charge in [0.05, 0.1) is 17.6 Å². The molecule has 0 atom stereocenters. The molecule has 1 saturated heterocycles. The quantitative estimate of drug-likeness (QED) is 0.613. The Kier molecular flexibility index (Phi) is 5.67. The van der Waals surface area contributed by atoms with Crippen molar-refractivity contribution in [3.8, 4) is 11.3 Å². The average molecular weight is 478 g/mol. The Morgan fingerprint density at radius 1 is 1.25 bits per heavy atom. The molecule has 2 heterocycles. The molecule has 1 aliphatic carbocycles. The maximum atomic E-state index is 12.7. The number of amides is 4. The van der Waals surface area contributed by atoms with Crippen molar-refractivity contribution in [2.75, 3.05) is 29.5 Å². The van der Waals surface area contributed by atoms with Gasteiger partial charge in [0.2, 0.25) is 15.9 Å². The molecule has 10 nitrogen and oxygen atoms in total. The molecular weight excluding hydrogens is 454 g/mol. The number of benzene rings is 1. The summed E-state index contributed by atoms with van der Waals surface area (Å²) >= 11 is 1.21. The first-order valence-electron chi connectivity index (χ1n) is 10.0. The molecule has 4 amide bonds. The molecule has 0 unspecified atom stereocenters. The van der Waals surface area contributed by atoms with Crippen LogP contribution in [-0.2, 0) is 19.6 Å². The summed E-state index contributed by atoms with van der Waals surface area (Å²) in [5, 5.41) is 7.48. The minimum absolute atomic E-state index is 0.338. The van der Waals surface area contributed by atoms with Crippen LogP contribution in [0.2, 0.25) is 0 Å². The predicted molar refractivity (Wildman–Crippen MR) is 121 cm³/mol. The highest BCUT2D eigenvalue weighted by molar-refractivity contribution is 7.92. The zero-order chi connectivity index (χ0) is 23.1. The van der Waals surface area contributed by atoms with Gasteiger partial charge in [-0.2, -0.15) is 0 Å². The molecule has 1 aromatic carbocycles. The average Bonchev–Trinajstić information content (AvgIpc) is 3.45. The van der Waals surface area contributed by atoms with Gasteiger partial charge in [0.15, 0.2) is 5.13 Å². The summed E-state index contributed by atoms with van der Waals surface area (Å²) in [5.41, 5.74) is 1.04. The molecule has 0 radical (unpaired) electrons. The maximum absolute atomic E-state index is 12.7. The molecule has 2 fully saturated rings.